The van der Waals surface area contributed by atoms with Gasteiger partial charge in [0.2, 0.25) is 0 Å². The van der Waals surface area contributed by atoms with Crippen LogP contribution < -0.4 is 10.6 Å². The van der Waals surface area contributed by atoms with Gasteiger partial charge in [-0.05, 0) is 41.8 Å². The van der Waals surface area contributed by atoms with Gasteiger partial charge in [-0.3, -0.25) is 19.7 Å². The summed E-state index contributed by atoms with van der Waals surface area (Å²) in [5, 5.41) is 18.0. The molecule has 0 fully saturated rings. The molecule has 0 saturated heterocycles. The summed E-state index contributed by atoms with van der Waals surface area (Å²) in [7, 11) is 0. The summed E-state index contributed by atoms with van der Waals surface area (Å²) in [6.45, 7) is 0. The van der Waals surface area contributed by atoms with Gasteiger partial charge in [-0.1, -0.05) is 12.1 Å². The molecule has 0 unspecified atom stereocenters. The van der Waals surface area contributed by atoms with E-state index in [9.17, 15) is 19.7 Å². The quantitative estimate of drug-likeness (QED) is 0.522. The van der Waals surface area contributed by atoms with Gasteiger partial charge in [0.05, 0.1) is 9.80 Å². The Balaban J connectivity index is 1.65. The van der Waals surface area contributed by atoms with Crippen molar-refractivity contribution < 1.29 is 14.5 Å². The van der Waals surface area contributed by atoms with E-state index in [-0.39, 0.29) is 17.2 Å². The van der Waals surface area contributed by atoms with Crippen molar-refractivity contribution in [1.29, 1.82) is 0 Å². The summed E-state index contributed by atoms with van der Waals surface area (Å²) in [5.41, 5.74) is 1.14. The highest BCUT2D eigenvalue weighted by atomic mass is 32.1. The molecule has 0 radical (unpaired) electrons. The number of carbonyl (C=O) groups excluding carboxylic acids is 2. The smallest absolute Gasteiger partial charge is 0.270 e. The first kappa shape index (κ1) is 17.3. The molecule has 0 aliphatic heterocycles. The van der Waals surface area contributed by atoms with Crippen molar-refractivity contribution in [3.8, 4) is 0 Å². The lowest BCUT2D eigenvalue weighted by atomic mass is 10.2. The fraction of sp³-hybridized carbons (Fsp3) is 0. The van der Waals surface area contributed by atoms with Crippen LogP contribution in [0.4, 0.5) is 17.1 Å². The van der Waals surface area contributed by atoms with Gasteiger partial charge in [0, 0.05) is 29.1 Å². The highest BCUT2D eigenvalue weighted by molar-refractivity contribution is 7.12. The fourth-order valence-electron chi connectivity index (χ4n) is 2.20. The van der Waals surface area contributed by atoms with E-state index in [0.29, 0.717) is 16.3 Å². The van der Waals surface area contributed by atoms with Gasteiger partial charge < -0.3 is 10.6 Å². The minimum atomic E-state index is -0.554. The highest BCUT2D eigenvalue weighted by Gasteiger charge is 2.12. The predicted molar refractivity (Wildman–Crippen MR) is 99.8 cm³/mol. The van der Waals surface area contributed by atoms with Crippen molar-refractivity contribution >= 4 is 40.2 Å². The number of benzene rings is 2. The van der Waals surface area contributed by atoms with Crippen molar-refractivity contribution in [2.75, 3.05) is 10.6 Å². The molecule has 3 aromatic rings. The van der Waals surface area contributed by atoms with Crippen LogP contribution in [0.3, 0.4) is 0 Å². The Morgan fingerprint density at radius 1 is 0.885 bits per heavy atom. The Kier molecular flexibility index (Phi) is 5.04. The van der Waals surface area contributed by atoms with Crippen LogP contribution in [0.25, 0.3) is 0 Å². The van der Waals surface area contributed by atoms with E-state index in [4.69, 9.17) is 0 Å². The molecule has 2 amide bonds. The molecule has 2 N–H and O–H groups in total. The van der Waals surface area contributed by atoms with E-state index in [1.165, 1.54) is 35.6 Å². The molecule has 0 spiro atoms. The lowest BCUT2D eigenvalue weighted by Crippen LogP contribution is -2.12. The number of nitrogens with one attached hydrogen (secondary N) is 2. The summed E-state index contributed by atoms with van der Waals surface area (Å²) in [5.74, 6) is -0.655. The Morgan fingerprint density at radius 2 is 1.54 bits per heavy atom. The molecule has 0 aliphatic rings. The monoisotopic (exact) mass is 367 g/mol. The minimum Gasteiger partial charge on any atom is -0.322 e. The van der Waals surface area contributed by atoms with Crippen LogP contribution >= 0.6 is 11.3 Å². The summed E-state index contributed by atoms with van der Waals surface area (Å²) >= 11 is 1.35. The van der Waals surface area contributed by atoms with Crippen LogP contribution in [0, 0.1) is 10.1 Å². The molecular weight excluding hydrogens is 354 g/mol. The first-order valence-corrected chi connectivity index (χ1v) is 8.41. The largest absolute Gasteiger partial charge is 0.322 e. The van der Waals surface area contributed by atoms with Gasteiger partial charge in [-0.15, -0.1) is 11.3 Å². The normalized spacial score (nSPS) is 10.2. The van der Waals surface area contributed by atoms with Crippen molar-refractivity contribution in [2.24, 2.45) is 0 Å². The average molecular weight is 367 g/mol. The van der Waals surface area contributed by atoms with Gasteiger partial charge in [0.1, 0.15) is 0 Å². The number of rotatable bonds is 5. The van der Waals surface area contributed by atoms with Crippen molar-refractivity contribution in [3.05, 3.63) is 86.6 Å². The molecule has 0 bridgehead atoms. The van der Waals surface area contributed by atoms with E-state index in [0.717, 1.165) is 0 Å². The predicted octanol–water partition coefficient (Wildman–Crippen LogP) is 4.16. The first-order valence-electron chi connectivity index (χ1n) is 7.53. The van der Waals surface area contributed by atoms with E-state index in [1.807, 2.05) is 5.38 Å². The maximum Gasteiger partial charge on any atom is 0.270 e. The summed E-state index contributed by atoms with van der Waals surface area (Å²) in [6, 6.07) is 15.6. The number of carbonyl (C=O) groups is 2. The van der Waals surface area contributed by atoms with Gasteiger partial charge in [0.25, 0.3) is 17.5 Å². The van der Waals surface area contributed by atoms with Gasteiger partial charge in [0.15, 0.2) is 0 Å². The zero-order chi connectivity index (χ0) is 18.5. The number of nitro groups is 1. The number of hydrogen-bond acceptors (Lipinski definition) is 5. The second-order valence-corrected chi connectivity index (χ2v) is 6.22. The summed E-state index contributed by atoms with van der Waals surface area (Å²) in [4.78, 5) is 35.0. The Bertz CT molecular complexity index is 953. The second-order valence-electron chi connectivity index (χ2n) is 5.27. The minimum absolute atomic E-state index is 0.149. The van der Waals surface area contributed by atoms with Crippen molar-refractivity contribution in [2.45, 2.75) is 0 Å². The molecular formula is C18H13N3O4S. The van der Waals surface area contributed by atoms with Crippen LogP contribution in [0.2, 0.25) is 0 Å². The van der Waals surface area contributed by atoms with E-state index >= 15 is 0 Å². The molecule has 2 aromatic carbocycles. The standard InChI is InChI=1S/C18H13N3O4S/c22-17(12-3-1-4-15(11-12)21(24)25)19-13-6-8-14(9-7-13)20-18(23)16-5-2-10-26-16/h1-11H,(H,19,22)(H,20,23). The van der Waals surface area contributed by atoms with Crippen molar-refractivity contribution in [3.63, 3.8) is 0 Å². The lowest BCUT2D eigenvalue weighted by molar-refractivity contribution is -0.384. The van der Waals surface area contributed by atoms with E-state index in [1.54, 1.807) is 36.4 Å². The molecule has 8 heteroatoms. The number of non-ortho nitro benzene ring substituents is 1. The van der Waals surface area contributed by atoms with Crippen molar-refractivity contribution in [1.82, 2.24) is 0 Å². The molecule has 1 heterocycles. The number of amides is 2. The maximum atomic E-state index is 12.2. The van der Waals surface area contributed by atoms with Crippen LogP contribution in [-0.4, -0.2) is 16.7 Å². The van der Waals surface area contributed by atoms with Crippen LogP contribution in [0.15, 0.2) is 66.0 Å². The maximum absolute atomic E-state index is 12.2. The third-order valence-corrected chi connectivity index (χ3v) is 4.33. The number of anilines is 2. The Labute approximate surface area is 152 Å². The molecule has 3 rings (SSSR count). The summed E-state index contributed by atoms with van der Waals surface area (Å²) in [6.07, 6.45) is 0. The first-order chi connectivity index (χ1) is 12.5. The van der Waals surface area contributed by atoms with Gasteiger partial charge in [-0.2, -0.15) is 0 Å². The topological polar surface area (TPSA) is 101 Å². The molecule has 7 nitrogen and oxygen atoms in total. The Morgan fingerprint density at radius 3 is 2.12 bits per heavy atom. The van der Waals surface area contributed by atoms with Gasteiger partial charge >= 0.3 is 0 Å². The van der Waals surface area contributed by atoms with Crippen LogP contribution in [-0.2, 0) is 0 Å². The number of nitro benzene ring substituents is 1. The molecule has 1 aromatic heterocycles. The number of thiophene rings is 1. The number of hydrogen-bond donors (Lipinski definition) is 2. The lowest BCUT2D eigenvalue weighted by Gasteiger charge is -2.07. The molecule has 130 valence electrons. The van der Waals surface area contributed by atoms with E-state index < -0.39 is 10.8 Å². The van der Waals surface area contributed by atoms with Crippen LogP contribution in [0.1, 0.15) is 20.0 Å². The molecule has 26 heavy (non-hydrogen) atoms. The number of nitrogens with zero attached hydrogens (tertiary/aromatic N) is 1. The average Bonchev–Trinajstić information content (AvgIpc) is 3.18. The molecule has 0 atom stereocenters. The Hall–Kier alpha value is -3.52. The summed E-state index contributed by atoms with van der Waals surface area (Å²) < 4.78 is 0. The van der Waals surface area contributed by atoms with Gasteiger partial charge in [-0.25, -0.2) is 0 Å². The molecule has 0 saturated carbocycles. The van der Waals surface area contributed by atoms with E-state index in [2.05, 4.69) is 10.6 Å². The zero-order valence-corrected chi connectivity index (χ0v) is 14.2. The zero-order valence-electron chi connectivity index (χ0n) is 13.3. The highest BCUT2D eigenvalue weighted by Crippen LogP contribution is 2.18. The SMILES string of the molecule is O=C(Nc1ccc(NC(=O)c2cccs2)cc1)c1cccc([N+](=O)[O-])c1. The fourth-order valence-corrected chi connectivity index (χ4v) is 2.82. The third kappa shape index (κ3) is 4.11. The third-order valence-electron chi connectivity index (χ3n) is 3.46. The van der Waals surface area contributed by atoms with Crippen LogP contribution in [0.5, 0.6) is 0 Å². The molecule has 0 aliphatic carbocycles. The second kappa shape index (κ2) is 7.58.